The lowest BCUT2D eigenvalue weighted by atomic mass is 9.93. The predicted molar refractivity (Wildman–Crippen MR) is 78.0 cm³/mol. The molecule has 1 aliphatic heterocycles. The van der Waals surface area contributed by atoms with Crippen LogP contribution in [0.15, 0.2) is 11.6 Å². The molecular formula is C14H25N3S. The zero-order valence-corrected chi connectivity index (χ0v) is 12.1. The van der Waals surface area contributed by atoms with E-state index in [1.807, 2.05) is 6.20 Å². The molecule has 1 atom stereocenters. The quantitative estimate of drug-likeness (QED) is 0.746. The Kier molecular flexibility index (Phi) is 6.11. The highest BCUT2D eigenvalue weighted by molar-refractivity contribution is 7.09. The van der Waals surface area contributed by atoms with Crippen LogP contribution in [0.4, 0.5) is 0 Å². The van der Waals surface area contributed by atoms with E-state index in [1.165, 1.54) is 43.8 Å². The van der Waals surface area contributed by atoms with Gasteiger partial charge in [-0.3, -0.25) is 0 Å². The number of aromatic nitrogens is 1. The van der Waals surface area contributed by atoms with Crippen molar-refractivity contribution in [3.8, 4) is 0 Å². The zero-order chi connectivity index (χ0) is 12.6. The summed E-state index contributed by atoms with van der Waals surface area (Å²) in [6, 6.07) is 0.457. The fourth-order valence-electron chi connectivity index (χ4n) is 2.65. The second-order valence-electron chi connectivity index (χ2n) is 5.12. The number of nitrogens with zero attached hydrogens (tertiary/aromatic N) is 1. The van der Waals surface area contributed by atoms with Gasteiger partial charge in [0.1, 0.15) is 5.01 Å². The molecule has 0 radical (unpaired) electrons. The van der Waals surface area contributed by atoms with Gasteiger partial charge >= 0.3 is 0 Å². The van der Waals surface area contributed by atoms with Gasteiger partial charge in [-0.15, -0.1) is 11.3 Å². The molecule has 0 amide bonds. The van der Waals surface area contributed by atoms with Crippen molar-refractivity contribution in [2.45, 2.75) is 45.1 Å². The predicted octanol–water partition coefficient (Wildman–Crippen LogP) is 2.96. The van der Waals surface area contributed by atoms with Gasteiger partial charge in [0.05, 0.1) is 6.04 Å². The lowest BCUT2D eigenvalue weighted by molar-refractivity contribution is 0.341. The molecule has 1 saturated heterocycles. The summed E-state index contributed by atoms with van der Waals surface area (Å²) >= 11 is 1.76. The third-order valence-electron chi connectivity index (χ3n) is 3.80. The van der Waals surface area contributed by atoms with E-state index in [0.717, 1.165) is 18.9 Å². The smallest absolute Gasteiger partial charge is 0.109 e. The minimum Gasteiger partial charge on any atom is -0.317 e. The van der Waals surface area contributed by atoms with Crippen molar-refractivity contribution < 1.29 is 0 Å². The van der Waals surface area contributed by atoms with Crippen LogP contribution in [-0.4, -0.2) is 24.6 Å². The van der Waals surface area contributed by atoms with Gasteiger partial charge in [-0.1, -0.05) is 6.92 Å². The van der Waals surface area contributed by atoms with Crippen molar-refractivity contribution in [1.29, 1.82) is 0 Å². The van der Waals surface area contributed by atoms with Gasteiger partial charge in [0.2, 0.25) is 0 Å². The second-order valence-corrected chi connectivity index (χ2v) is 6.05. The average Bonchev–Trinajstić information content (AvgIpc) is 2.94. The first-order valence-electron chi connectivity index (χ1n) is 7.23. The monoisotopic (exact) mass is 267 g/mol. The van der Waals surface area contributed by atoms with Gasteiger partial charge in [0.15, 0.2) is 0 Å². The highest BCUT2D eigenvalue weighted by Gasteiger charge is 2.13. The molecular weight excluding hydrogens is 242 g/mol. The molecule has 0 aliphatic carbocycles. The molecule has 18 heavy (non-hydrogen) atoms. The van der Waals surface area contributed by atoms with Crippen LogP contribution in [0.5, 0.6) is 0 Å². The Hall–Kier alpha value is -0.450. The lowest BCUT2D eigenvalue weighted by Gasteiger charge is -2.23. The summed E-state index contributed by atoms with van der Waals surface area (Å²) in [4.78, 5) is 4.40. The number of hydrogen-bond donors (Lipinski definition) is 2. The molecule has 2 heterocycles. The number of hydrogen-bond acceptors (Lipinski definition) is 4. The molecule has 4 heteroatoms. The van der Waals surface area contributed by atoms with Crippen LogP contribution >= 0.6 is 11.3 Å². The minimum atomic E-state index is 0.457. The second kappa shape index (κ2) is 7.87. The van der Waals surface area contributed by atoms with Crippen LogP contribution in [0.25, 0.3) is 0 Å². The summed E-state index contributed by atoms with van der Waals surface area (Å²) in [5.41, 5.74) is 0. The first-order chi connectivity index (χ1) is 8.90. The van der Waals surface area contributed by atoms with Crippen molar-refractivity contribution in [1.82, 2.24) is 15.6 Å². The molecule has 0 bridgehead atoms. The zero-order valence-electron chi connectivity index (χ0n) is 11.3. The maximum Gasteiger partial charge on any atom is 0.109 e. The van der Waals surface area contributed by atoms with Gasteiger partial charge in [0.25, 0.3) is 0 Å². The third kappa shape index (κ3) is 4.34. The summed E-state index contributed by atoms with van der Waals surface area (Å²) in [5, 5.41) is 10.4. The van der Waals surface area contributed by atoms with Crippen LogP contribution in [0, 0.1) is 5.92 Å². The van der Waals surface area contributed by atoms with Gasteiger partial charge < -0.3 is 10.6 Å². The summed E-state index contributed by atoms with van der Waals surface area (Å²) in [5.74, 6) is 0.952. The van der Waals surface area contributed by atoms with Gasteiger partial charge in [-0.05, 0) is 57.7 Å². The van der Waals surface area contributed by atoms with E-state index in [-0.39, 0.29) is 0 Å². The van der Waals surface area contributed by atoms with E-state index in [9.17, 15) is 0 Å². The Morgan fingerprint density at radius 3 is 3.00 bits per heavy atom. The molecule has 0 saturated carbocycles. The number of thiazole rings is 1. The summed E-state index contributed by atoms with van der Waals surface area (Å²) in [6.45, 7) is 5.79. The number of piperidine rings is 1. The minimum absolute atomic E-state index is 0.457. The van der Waals surface area contributed by atoms with Crippen molar-refractivity contribution in [2.75, 3.05) is 19.6 Å². The molecule has 1 aromatic rings. The van der Waals surface area contributed by atoms with Crippen LogP contribution in [0.2, 0.25) is 0 Å². The fourth-order valence-corrected chi connectivity index (χ4v) is 3.45. The number of rotatable bonds is 7. The van der Waals surface area contributed by atoms with Crippen LogP contribution in [-0.2, 0) is 0 Å². The molecule has 102 valence electrons. The standard InChI is InChI=1S/C14H25N3S/c1-2-13(14-17-10-11-18-14)16-7-3-4-12-5-8-15-9-6-12/h10-13,15-16H,2-9H2,1H3. The highest BCUT2D eigenvalue weighted by Crippen LogP contribution is 2.20. The van der Waals surface area contributed by atoms with Crippen LogP contribution < -0.4 is 10.6 Å². The molecule has 0 aromatic carbocycles. The summed E-state index contributed by atoms with van der Waals surface area (Å²) in [6.07, 6.45) is 8.43. The molecule has 1 aliphatic rings. The molecule has 0 spiro atoms. The molecule has 1 aromatic heterocycles. The van der Waals surface area contributed by atoms with Crippen molar-refractivity contribution in [3.05, 3.63) is 16.6 Å². The Morgan fingerprint density at radius 1 is 1.50 bits per heavy atom. The molecule has 2 N–H and O–H groups in total. The van der Waals surface area contributed by atoms with Gasteiger partial charge in [-0.25, -0.2) is 4.98 Å². The molecule has 1 unspecified atom stereocenters. The maximum atomic E-state index is 4.40. The lowest BCUT2D eigenvalue weighted by Crippen LogP contribution is -2.28. The van der Waals surface area contributed by atoms with Crippen molar-refractivity contribution >= 4 is 11.3 Å². The first-order valence-corrected chi connectivity index (χ1v) is 8.11. The first kappa shape index (κ1) is 14.0. The molecule has 1 fully saturated rings. The average molecular weight is 267 g/mol. The Bertz CT molecular complexity index is 307. The van der Waals surface area contributed by atoms with Crippen LogP contribution in [0.1, 0.15) is 50.1 Å². The van der Waals surface area contributed by atoms with E-state index in [4.69, 9.17) is 0 Å². The van der Waals surface area contributed by atoms with Crippen molar-refractivity contribution in [2.24, 2.45) is 5.92 Å². The normalized spacial score (nSPS) is 18.9. The molecule has 2 rings (SSSR count). The van der Waals surface area contributed by atoms with E-state index in [0.29, 0.717) is 6.04 Å². The summed E-state index contributed by atoms with van der Waals surface area (Å²) < 4.78 is 0. The topological polar surface area (TPSA) is 37.0 Å². The van der Waals surface area contributed by atoms with Gasteiger partial charge in [-0.2, -0.15) is 0 Å². The fraction of sp³-hybridized carbons (Fsp3) is 0.786. The van der Waals surface area contributed by atoms with E-state index < -0.39 is 0 Å². The van der Waals surface area contributed by atoms with E-state index in [2.05, 4.69) is 27.9 Å². The maximum absolute atomic E-state index is 4.40. The third-order valence-corrected chi connectivity index (χ3v) is 4.69. The SMILES string of the molecule is CCC(NCCCC1CCNCC1)c1nccs1. The van der Waals surface area contributed by atoms with E-state index >= 15 is 0 Å². The van der Waals surface area contributed by atoms with Crippen LogP contribution in [0.3, 0.4) is 0 Å². The Morgan fingerprint density at radius 2 is 2.33 bits per heavy atom. The Labute approximate surface area is 114 Å². The number of nitrogens with one attached hydrogen (secondary N) is 2. The Balaban J connectivity index is 1.61. The van der Waals surface area contributed by atoms with E-state index in [1.54, 1.807) is 11.3 Å². The van der Waals surface area contributed by atoms with Crippen molar-refractivity contribution in [3.63, 3.8) is 0 Å². The summed E-state index contributed by atoms with van der Waals surface area (Å²) in [7, 11) is 0. The van der Waals surface area contributed by atoms with Gasteiger partial charge in [0, 0.05) is 11.6 Å². The highest BCUT2D eigenvalue weighted by atomic mass is 32.1. The largest absolute Gasteiger partial charge is 0.317 e. The molecule has 3 nitrogen and oxygen atoms in total.